The molecule has 2 heterocycles. The van der Waals surface area contributed by atoms with E-state index in [2.05, 4.69) is 23.2 Å². The minimum atomic E-state index is 0.147. The Bertz CT molecular complexity index is 903. The number of benzene rings is 1. The monoisotopic (exact) mass is 265 g/mol. The van der Waals surface area contributed by atoms with Gasteiger partial charge < -0.3 is 5.11 Å². The number of aliphatic hydroxyl groups excluding tert-OH is 1. The lowest BCUT2D eigenvalue weighted by Gasteiger charge is -2.14. The first-order valence-corrected chi connectivity index (χ1v) is 6.79. The van der Waals surface area contributed by atoms with Gasteiger partial charge in [0.2, 0.25) is 0 Å². The minimum Gasteiger partial charge on any atom is -0.510 e. The van der Waals surface area contributed by atoms with Crippen LogP contribution in [0.25, 0.3) is 22.7 Å². The molecule has 2 aromatic heterocycles. The predicted molar refractivity (Wildman–Crippen MR) is 78.5 cm³/mol. The van der Waals surface area contributed by atoms with E-state index in [0.29, 0.717) is 5.76 Å². The molecule has 1 atom stereocenters. The summed E-state index contributed by atoms with van der Waals surface area (Å²) in [6, 6.07) is 8.21. The number of aliphatic hydroxyl groups is 1. The summed E-state index contributed by atoms with van der Waals surface area (Å²) in [7, 11) is 0. The molecule has 20 heavy (non-hydrogen) atoms. The molecule has 1 aliphatic rings. The van der Waals surface area contributed by atoms with Gasteiger partial charge in [-0.25, -0.2) is 14.3 Å². The summed E-state index contributed by atoms with van der Waals surface area (Å²) in [5.41, 5.74) is 1.08. The summed E-state index contributed by atoms with van der Waals surface area (Å²) in [4.78, 5) is 4.12. The molecule has 4 rings (SSSR count). The smallest absolute Gasteiger partial charge is 0.122 e. The quantitative estimate of drug-likeness (QED) is 0.727. The number of nitrogens with zero attached hydrogens (tertiary/aromatic N) is 3. The van der Waals surface area contributed by atoms with Crippen molar-refractivity contribution in [3.8, 4) is 0 Å². The van der Waals surface area contributed by atoms with Gasteiger partial charge in [-0.15, -0.1) is 0 Å². The Hall–Kier alpha value is -2.49. The van der Waals surface area contributed by atoms with Crippen molar-refractivity contribution >= 4 is 22.7 Å². The summed E-state index contributed by atoms with van der Waals surface area (Å²) in [6.45, 7) is 2.05. The fourth-order valence-electron chi connectivity index (χ4n) is 2.95. The van der Waals surface area contributed by atoms with E-state index in [9.17, 15) is 5.11 Å². The van der Waals surface area contributed by atoms with Gasteiger partial charge in [0.05, 0.1) is 5.52 Å². The van der Waals surface area contributed by atoms with Gasteiger partial charge in [0, 0.05) is 28.9 Å². The molecule has 0 spiro atoms. The Morgan fingerprint density at radius 3 is 2.95 bits per heavy atom. The Morgan fingerprint density at radius 1 is 1.30 bits per heavy atom. The van der Waals surface area contributed by atoms with Crippen LogP contribution in [0.3, 0.4) is 0 Å². The number of aromatic nitrogens is 3. The fourth-order valence-corrected chi connectivity index (χ4v) is 2.95. The normalized spacial score (nSPS) is 18.1. The maximum absolute atomic E-state index is 10.6. The van der Waals surface area contributed by atoms with Crippen LogP contribution in [-0.2, 0) is 0 Å². The third kappa shape index (κ3) is 1.39. The Kier molecular flexibility index (Phi) is 2.27. The molecule has 4 nitrogen and oxygen atoms in total. The molecule has 0 aliphatic heterocycles. The second-order valence-corrected chi connectivity index (χ2v) is 5.26. The van der Waals surface area contributed by atoms with E-state index in [1.165, 1.54) is 0 Å². The SMILES string of the molecule is CC1CC=c2c(n(-n3ccnc3)c3ccccc23)=C1O. The van der Waals surface area contributed by atoms with Crippen LogP contribution in [0.1, 0.15) is 13.3 Å². The fraction of sp³-hybridized carbons (Fsp3) is 0.188. The second kappa shape index (κ2) is 4.00. The predicted octanol–water partition coefficient (Wildman–Crippen LogP) is 1.64. The van der Waals surface area contributed by atoms with E-state index in [1.54, 1.807) is 12.5 Å². The Morgan fingerprint density at radius 2 is 2.15 bits per heavy atom. The minimum absolute atomic E-state index is 0.147. The third-order valence-corrected chi connectivity index (χ3v) is 4.00. The molecule has 1 aromatic carbocycles. The summed E-state index contributed by atoms with van der Waals surface area (Å²) in [5.74, 6) is 0.599. The number of rotatable bonds is 1. The van der Waals surface area contributed by atoms with Gasteiger partial charge in [-0.2, -0.15) is 0 Å². The van der Waals surface area contributed by atoms with E-state index in [-0.39, 0.29) is 5.92 Å². The van der Waals surface area contributed by atoms with Gasteiger partial charge in [0.15, 0.2) is 0 Å². The van der Waals surface area contributed by atoms with Crippen LogP contribution >= 0.6 is 0 Å². The number of fused-ring (bicyclic) bond motifs is 3. The third-order valence-electron chi connectivity index (χ3n) is 4.00. The van der Waals surface area contributed by atoms with Crippen LogP contribution in [-0.4, -0.2) is 19.4 Å². The first-order valence-electron chi connectivity index (χ1n) is 6.79. The summed E-state index contributed by atoms with van der Waals surface area (Å²) in [6.07, 6.45) is 8.47. The van der Waals surface area contributed by atoms with Gasteiger partial charge in [-0.05, 0) is 12.5 Å². The molecule has 100 valence electrons. The van der Waals surface area contributed by atoms with E-state index in [4.69, 9.17) is 0 Å². The average molecular weight is 265 g/mol. The highest BCUT2D eigenvalue weighted by molar-refractivity contribution is 5.83. The molecular weight excluding hydrogens is 250 g/mol. The van der Waals surface area contributed by atoms with Crippen LogP contribution in [0.5, 0.6) is 0 Å². The van der Waals surface area contributed by atoms with Crippen LogP contribution in [0.2, 0.25) is 0 Å². The lowest BCUT2D eigenvalue weighted by Crippen LogP contribution is -2.38. The lowest BCUT2D eigenvalue weighted by molar-refractivity contribution is 0.426. The van der Waals surface area contributed by atoms with Crippen molar-refractivity contribution in [1.29, 1.82) is 0 Å². The van der Waals surface area contributed by atoms with E-state index in [0.717, 1.165) is 27.9 Å². The molecule has 0 radical (unpaired) electrons. The van der Waals surface area contributed by atoms with Crippen molar-refractivity contribution in [2.45, 2.75) is 13.3 Å². The molecule has 1 N–H and O–H groups in total. The number of imidazole rings is 1. The van der Waals surface area contributed by atoms with Gasteiger partial charge >= 0.3 is 0 Å². The molecule has 0 saturated heterocycles. The molecule has 4 heteroatoms. The molecule has 0 fully saturated rings. The maximum atomic E-state index is 10.6. The average Bonchev–Trinajstić information content (AvgIpc) is 3.08. The molecule has 0 saturated carbocycles. The first-order chi connectivity index (χ1) is 9.77. The van der Waals surface area contributed by atoms with Crippen LogP contribution in [0.4, 0.5) is 0 Å². The van der Waals surface area contributed by atoms with Crippen molar-refractivity contribution in [1.82, 2.24) is 14.3 Å². The van der Waals surface area contributed by atoms with Crippen LogP contribution in [0.15, 0.2) is 43.0 Å². The number of hydrogen-bond acceptors (Lipinski definition) is 2. The van der Waals surface area contributed by atoms with E-state index >= 15 is 0 Å². The molecule has 0 amide bonds. The Labute approximate surface area is 115 Å². The summed E-state index contributed by atoms with van der Waals surface area (Å²) < 4.78 is 3.93. The maximum Gasteiger partial charge on any atom is 0.122 e. The highest BCUT2D eigenvalue weighted by atomic mass is 16.3. The second-order valence-electron chi connectivity index (χ2n) is 5.26. The van der Waals surface area contributed by atoms with Gasteiger partial charge in [-0.1, -0.05) is 31.2 Å². The van der Waals surface area contributed by atoms with Crippen LogP contribution in [0, 0.1) is 5.92 Å². The standard InChI is InChI=1S/C16H15N3O/c1-11-6-7-13-12-4-2-3-5-14(12)19(15(13)16(11)20)18-9-8-17-10-18/h2-5,7-11,20H,6H2,1H3. The van der Waals surface area contributed by atoms with Gasteiger partial charge in [0.25, 0.3) is 0 Å². The number of para-hydroxylation sites is 1. The van der Waals surface area contributed by atoms with Crippen molar-refractivity contribution in [3.05, 3.63) is 53.6 Å². The molecule has 0 bridgehead atoms. The molecule has 1 aliphatic carbocycles. The summed E-state index contributed by atoms with van der Waals surface area (Å²) >= 11 is 0. The topological polar surface area (TPSA) is 43.0 Å². The van der Waals surface area contributed by atoms with Crippen molar-refractivity contribution in [2.75, 3.05) is 0 Å². The van der Waals surface area contributed by atoms with E-state index < -0.39 is 0 Å². The van der Waals surface area contributed by atoms with Crippen molar-refractivity contribution < 1.29 is 5.11 Å². The zero-order valence-electron chi connectivity index (χ0n) is 11.2. The van der Waals surface area contributed by atoms with Gasteiger partial charge in [-0.3, -0.25) is 0 Å². The molecular formula is C16H15N3O. The zero-order chi connectivity index (χ0) is 13.7. The van der Waals surface area contributed by atoms with Crippen molar-refractivity contribution in [3.63, 3.8) is 0 Å². The van der Waals surface area contributed by atoms with Crippen LogP contribution < -0.4 is 10.6 Å². The first kappa shape index (κ1) is 11.3. The molecule has 3 aromatic rings. The Balaban J connectivity index is 2.30. The highest BCUT2D eigenvalue weighted by Gasteiger charge is 2.19. The highest BCUT2D eigenvalue weighted by Crippen LogP contribution is 2.18. The zero-order valence-corrected chi connectivity index (χ0v) is 11.2. The number of hydrogen-bond donors (Lipinski definition) is 1. The van der Waals surface area contributed by atoms with E-state index in [1.807, 2.05) is 34.6 Å². The lowest BCUT2D eigenvalue weighted by atomic mass is 9.99. The van der Waals surface area contributed by atoms with Gasteiger partial charge in [0.1, 0.15) is 17.4 Å². The van der Waals surface area contributed by atoms with Crippen molar-refractivity contribution in [2.24, 2.45) is 5.92 Å². The summed E-state index contributed by atoms with van der Waals surface area (Å²) in [5, 5.41) is 13.7. The largest absolute Gasteiger partial charge is 0.510 e. The molecule has 1 unspecified atom stereocenters.